The molecule has 21 heavy (non-hydrogen) atoms. The number of aromatic nitrogens is 2. The van der Waals surface area contributed by atoms with Gasteiger partial charge in [-0.1, -0.05) is 18.2 Å². The maximum atomic E-state index is 11.5. The number of diazo groups is 1. The third-order valence-electron chi connectivity index (χ3n) is 2.84. The van der Waals surface area contributed by atoms with Crippen LogP contribution in [0.1, 0.15) is 12.6 Å². The van der Waals surface area contributed by atoms with Gasteiger partial charge in [-0.2, -0.15) is 5.10 Å². The smallest absolute Gasteiger partial charge is 0.449 e. The number of para-hydroxylation sites is 1. The van der Waals surface area contributed by atoms with Crippen molar-refractivity contribution in [3.05, 3.63) is 41.0 Å². The number of ether oxygens (including phenoxy) is 1. The number of esters is 1. The molecule has 0 fully saturated rings. The molecule has 0 atom stereocenters. The molecule has 1 aromatic carbocycles. The van der Waals surface area contributed by atoms with Crippen LogP contribution < -0.4 is 5.32 Å². The van der Waals surface area contributed by atoms with E-state index in [0.29, 0.717) is 23.8 Å². The van der Waals surface area contributed by atoms with Crippen LogP contribution in [0, 0.1) is 12.3 Å². The minimum Gasteiger partial charge on any atom is -0.465 e. The first-order chi connectivity index (χ1) is 10.2. The second-order valence-corrected chi connectivity index (χ2v) is 4.29. The molecule has 0 saturated carbocycles. The van der Waals surface area contributed by atoms with E-state index in [0.717, 1.165) is 5.69 Å². The molecule has 1 N–H and O–H groups in total. The maximum absolute atomic E-state index is 11.5. The van der Waals surface area contributed by atoms with Gasteiger partial charge in [0.1, 0.15) is 6.54 Å². The van der Waals surface area contributed by atoms with Crippen LogP contribution in [0.3, 0.4) is 0 Å². The summed E-state index contributed by atoms with van der Waals surface area (Å²) in [5, 5.41) is 16.4. The van der Waals surface area contributed by atoms with Crippen molar-refractivity contribution in [2.45, 2.75) is 13.8 Å². The first-order valence-electron chi connectivity index (χ1n) is 6.57. The summed E-state index contributed by atoms with van der Waals surface area (Å²) < 4.78 is 6.45. The standard InChI is InChI=1S/C14H16N5O2/c1-3-21-12(20)9-16-14-13(17-15)10(2)18-19(14)11-7-5-4-6-8-11/h4-8,16H,3,9H2,1-2H3/q+1. The topological polar surface area (TPSA) is 84.3 Å². The van der Waals surface area contributed by atoms with Gasteiger partial charge in [-0.25, -0.2) is 4.68 Å². The van der Waals surface area contributed by atoms with E-state index in [2.05, 4.69) is 15.4 Å². The molecule has 0 amide bonds. The van der Waals surface area contributed by atoms with E-state index in [1.807, 2.05) is 30.3 Å². The number of nitrogens with zero attached hydrogens (tertiary/aromatic N) is 4. The van der Waals surface area contributed by atoms with Crippen molar-refractivity contribution in [1.82, 2.24) is 9.78 Å². The first kappa shape index (κ1) is 14.5. The molecule has 0 aliphatic rings. The number of nitrogens with one attached hydrogen (secondary N) is 1. The molecule has 2 rings (SSSR count). The molecular formula is C14H16N5O2+. The number of carbonyl (C=O) groups excluding carboxylic acids is 1. The molecule has 0 aliphatic heterocycles. The second kappa shape index (κ2) is 6.52. The summed E-state index contributed by atoms with van der Waals surface area (Å²) in [6.07, 6.45) is 0. The summed E-state index contributed by atoms with van der Waals surface area (Å²) >= 11 is 0. The largest absolute Gasteiger partial charge is 0.465 e. The lowest BCUT2D eigenvalue weighted by Crippen LogP contribution is -2.18. The fourth-order valence-electron chi connectivity index (χ4n) is 1.92. The van der Waals surface area contributed by atoms with Gasteiger partial charge in [0, 0.05) is 0 Å². The quantitative estimate of drug-likeness (QED) is 0.674. The summed E-state index contributed by atoms with van der Waals surface area (Å²) in [4.78, 5) is 14.7. The third kappa shape index (κ3) is 3.17. The molecule has 0 unspecified atom stereocenters. The van der Waals surface area contributed by atoms with Crippen molar-refractivity contribution in [1.29, 1.82) is 5.39 Å². The van der Waals surface area contributed by atoms with Crippen LogP contribution in [-0.4, -0.2) is 28.9 Å². The van der Waals surface area contributed by atoms with E-state index in [9.17, 15) is 4.79 Å². The van der Waals surface area contributed by atoms with Gasteiger partial charge < -0.3 is 10.1 Å². The fraction of sp³-hybridized carbons (Fsp3) is 0.286. The van der Waals surface area contributed by atoms with Crippen LogP contribution in [0.25, 0.3) is 10.7 Å². The minimum atomic E-state index is -0.389. The van der Waals surface area contributed by atoms with Crippen LogP contribution in [0.5, 0.6) is 0 Å². The van der Waals surface area contributed by atoms with Gasteiger partial charge in [0.15, 0.2) is 10.7 Å². The van der Waals surface area contributed by atoms with Crippen molar-refractivity contribution >= 4 is 17.5 Å². The summed E-state index contributed by atoms with van der Waals surface area (Å²) in [6.45, 7) is 3.75. The average Bonchev–Trinajstić information content (AvgIpc) is 2.82. The highest BCUT2D eigenvalue weighted by Gasteiger charge is 2.27. The van der Waals surface area contributed by atoms with Gasteiger partial charge in [-0.15, -0.1) is 0 Å². The predicted octanol–water partition coefficient (Wildman–Crippen LogP) is 2.64. The third-order valence-corrected chi connectivity index (χ3v) is 2.84. The molecule has 1 aromatic heterocycles. The van der Waals surface area contributed by atoms with E-state index in [-0.39, 0.29) is 12.5 Å². The Bertz CT molecular complexity index is 673. The van der Waals surface area contributed by atoms with Gasteiger partial charge >= 0.3 is 11.7 Å². The summed E-state index contributed by atoms with van der Waals surface area (Å²) in [7, 11) is 0. The van der Waals surface area contributed by atoms with E-state index in [1.165, 1.54) is 0 Å². The molecule has 0 saturated heterocycles. The lowest BCUT2D eigenvalue weighted by molar-refractivity contribution is -0.140. The lowest BCUT2D eigenvalue weighted by Gasteiger charge is -2.07. The molecular weight excluding hydrogens is 270 g/mol. The number of hydrogen-bond donors (Lipinski definition) is 1. The number of carbonyl (C=O) groups is 1. The number of aryl methyl sites for hydroxylation is 1. The van der Waals surface area contributed by atoms with Gasteiger partial charge in [0.05, 0.1) is 12.3 Å². The Hall–Kier alpha value is -2.88. The first-order valence-corrected chi connectivity index (χ1v) is 6.57. The Morgan fingerprint density at radius 3 is 2.76 bits per heavy atom. The minimum absolute atomic E-state index is 0.0334. The van der Waals surface area contributed by atoms with Crippen molar-refractivity contribution in [2.75, 3.05) is 18.5 Å². The fourth-order valence-corrected chi connectivity index (χ4v) is 1.92. The van der Waals surface area contributed by atoms with Crippen LogP contribution in [-0.2, 0) is 9.53 Å². The van der Waals surface area contributed by atoms with Gasteiger partial charge in [-0.3, -0.25) is 4.79 Å². The second-order valence-electron chi connectivity index (χ2n) is 4.29. The normalized spacial score (nSPS) is 9.95. The zero-order chi connectivity index (χ0) is 15.2. The Kier molecular flexibility index (Phi) is 4.51. The van der Waals surface area contributed by atoms with E-state index in [1.54, 1.807) is 18.5 Å². The number of benzene rings is 1. The SMILES string of the molecule is CCOC(=O)CNc1c([N+]#N)c(C)nn1-c1ccccc1. The average molecular weight is 286 g/mol. The molecule has 0 aliphatic carbocycles. The summed E-state index contributed by atoms with van der Waals surface area (Å²) in [5.74, 6) is 0.0501. The highest BCUT2D eigenvalue weighted by molar-refractivity contribution is 5.78. The zero-order valence-corrected chi connectivity index (χ0v) is 11.9. The van der Waals surface area contributed by atoms with Gasteiger partial charge in [0.2, 0.25) is 11.2 Å². The van der Waals surface area contributed by atoms with E-state index >= 15 is 0 Å². The number of anilines is 1. The van der Waals surface area contributed by atoms with Crippen LogP contribution in [0.4, 0.5) is 11.5 Å². The number of hydrogen-bond acceptors (Lipinski definition) is 5. The van der Waals surface area contributed by atoms with Crippen molar-refractivity contribution in [3.63, 3.8) is 0 Å². The molecule has 7 nitrogen and oxygen atoms in total. The Labute approximate surface area is 122 Å². The van der Waals surface area contributed by atoms with Crippen LogP contribution >= 0.6 is 0 Å². The van der Waals surface area contributed by atoms with E-state index in [4.69, 9.17) is 10.1 Å². The van der Waals surface area contributed by atoms with Gasteiger partial charge in [-0.05, 0) is 26.0 Å². The lowest BCUT2D eigenvalue weighted by atomic mass is 10.3. The van der Waals surface area contributed by atoms with Crippen LogP contribution in [0.2, 0.25) is 0 Å². The Morgan fingerprint density at radius 2 is 2.14 bits per heavy atom. The highest BCUT2D eigenvalue weighted by Crippen LogP contribution is 2.31. The molecule has 0 bridgehead atoms. The van der Waals surface area contributed by atoms with E-state index < -0.39 is 0 Å². The Balaban J connectivity index is 2.34. The Morgan fingerprint density at radius 1 is 1.43 bits per heavy atom. The zero-order valence-electron chi connectivity index (χ0n) is 11.9. The maximum Gasteiger partial charge on any atom is 0.449 e. The predicted molar refractivity (Wildman–Crippen MR) is 78.2 cm³/mol. The number of rotatable bonds is 5. The summed E-state index contributed by atoms with van der Waals surface area (Å²) in [6, 6.07) is 9.36. The molecule has 0 radical (unpaired) electrons. The van der Waals surface area contributed by atoms with Crippen LogP contribution in [0.15, 0.2) is 30.3 Å². The van der Waals surface area contributed by atoms with Crippen molar-refractivity contribution in [3.8, 4) is 5.69 Å². The monoisotopic (exact) mass is 286 g/mol. The molecule has 7 heteroatoms. The molecule has 2 aromatic rings. The summed E-state index contributed by atoms with van der Waals surface area (Å²) in [5.41, 5.74) is 1.64. The molecule has 0 spiro atoms. The van der Waals surface area contributed by atoms with Gasteiger partial charge in [0.25, 0.3) is 0 Å². The molecule has 1 heterocycles. The van der Waals surface area contributed by atoms with Crippen molar-refractivity contribution < 1.29 is 9.53 Å². The highest BCUT2D eigenvalue weighted by atomic mass is 16.5. The molecule has 108 valence electrons. The van der Waals surface area contributed by atoms with Crippen molar-refractivity contribution in [2.24, 2.45) is 0 Å².